The maximum absolute atomic E-state index is 9.93. The van der Waals surface area contributed by atoms with Crippen LogP contribution in [0.1, 0.15) is 12.0 Å². The molecule has 2 N–H and O–H groups in total. The van der Waals surface area contributed by atoms with E-state index >= 15 is 0 Å². The van der Waals surface area contributed by atoms with E-state index in [1.165, 1.54) is 22.1 Å². The van der Waals surface area contributed by atoms with Crippen LogP contribution in [-0.4, -0.2) is 23.3 Å². The molecule has 0 amide bonds. The minimum Gasteiger partial charge on any atom is -0.346 e. The number of aldehydes is 1. The summed E-state index contributed by atoms with van der Waals surface area (Å²) in [4.78, 5) is 17.4. The summed E-state index contributed by atoms with van der Waals surface area (Å²) in [6.07, 6.45) is 10.1. The highest BCUT2D eigenvalue weighted by atomic mass is 16.1. The summed E-state index contributed by atoms with van der Waals surface area (Å²) in [5, 5.41) is 4.32. The molecule has 0 atom stereocenters. The second kappa shape index (κ2) is 10.7. The van der Waals surface area contributed by atoms with Gasteiger partial charge in [-0.05, 0) is 41.4 Å². The second-order valence-corrected chi connectivity index (χ2v) is 5.88. The number of nitrogens with one attached hydrogen (secondary N) is 2. The fourth-order valence-electron chi connectivity index (χ4n) is 2.69. The van der Waals surface area contributed by atoms with Crippen LogP contribution in [0, 0.1) is 0 Å². The molecular formula is C23H25N3O. The molecular weight excluding hydrogens is 334 g/mol. The first-order valence-corrected chi connectivity index (χ1v) is 8.77. The molecule has 2 aromatic heterocycles. The SMILES string of the molecule is C=C/C=C(\C=C)CC=O.CNCc1ccc(-c2ccnc3[nH]ccc23)cc1. The van der Waals surface area contributed by atoms with Crippen molar-refractivity contribution < 1.29 is 4.79 Å². The van der Waals surface area contributed by atoms with Crippen molar-refractivity contribution in [2.24, 2.45) is 0 Å². The number of pyridine rings is 1. The molecule has 0 spiro atoms. The zero-order valence-electron chi connectivity index (χ0n) is 15.6. The lowest BCUT2D eigenvalue weighted by Gasteiger charge is -2.05. The average molecular weight is 359 g/mol. The van der Waals surface area contributed by atoms with Crippen molar-refractivity contribution in [3.05, 3.63) is 91.3 Å². The van der Waals surface area contributed by atoms with Gasteiger partial charge in [-0.2, -0.15) is 0 Å². The Bertz CT molecular complexity index is 920. The Balaban J connectivity index is 0.000000249. The van der Waals surface area contributed by atoms with Crippen molar-refractivity contribution >= 4 is 17.3 Å². The average Bonchev–Trinajstić information content (AvgIpc) is 3.18. The summed E-state index contributed by atoms with van der Waals surface area (Å²) >= 11 is 0. The fraction of sp³-hybridized carbons (Fsp3) is 0.130. The van der Waals surface area contributed by atoms with E-state index in [-0.39, 0.29) is 0 Å². The first-order chi connectivity index (χ1) is 13.2. The van der Waals surface area contributed by atoms with E-state index < -0.39 is 0 Å². The Hall–Kier alpha value is -3.24. The van der Waals surface area contributed by atoms with E-state index in [4.69, 9.17) is 0 Å². The number of aromatic amines is 1. The number of hydrogen-bond acceptors (Lipinski definition) is 3. The van der Waals surface area contributed by atoms with Gasteiger partial charge in [0.2, 0.25) is 0 Å². The largest absolute Gasteiger partial charge is 0.346 e. The van der Waals surface area contributed by atoms with Crippen molar-refractivity contribution in [3.63, 3.8) is 0 Å². The van der Waals surface area contributed by atoms with Crippen LogP contribution in [0.5, 0.6) is 0 Å². The quantitative estimate of drug-likeness (QED) is 0.469. The van der Waals surface area contributed by atoms with Crippen LogP contribution in [0.4, 0.5) is 0 Å². The molecule has 0 unspecified atom stereocenters. The topological polar surface area (TPSA) is 57.8 Å². The fourth-order valence-corrected chi connectivity index (χ4v) is 2.69. The second-order valence-electron chi connectivity index (χ2n) is 5.88. The smallest absolute Gasteiger partial charge is 0.137 e. The molecule has 0 aliphatic carbocycles. The number of aromatic nitrogens is 2. The van der Waals surface area contributed by atoms with E-state index in [1.54, 1.807) is 18.2 Å². The Labute approximate surface area is 160 Å². The van der Waals surface area contributed by atoms with Crippen molar-refractivity contribution in [1.29, 1.82) is 0 Å². The van der Waals surface area contributed by atoms with Gasteiger partial charge in [0.05, 0.1) is 0 Å². The summed E-state index contributed by atoms with van der Waals surface area (Å²) in [6.45, 7) is 7.91. The molecule has 138 valence electrons. The molecule has 2 heterocycles. The molecule has 0 bridgehead atoms. The van der Waals surface area contributed by atoms with Crippen molar-refractivity contribution in [2.45, 2.75) is 13.0 Å². The highest BCUT2D eigenvalue weighted by Crippen LogP contribution is 2.26. The van der Waals surface area contributed by atoms with Gasteiger partial charge < -0.3 is 15.1 Å². The molecule has 1 aromatic carbocycles. The number of benzene rings is 1. The monoisotopic (exact) mass is 359 g/mol. The number of carbonyl (C=O) groups is 1. The summed E-state index contributed by atoms with van der Waals surface area (Å²) in [6, 6.07) is 12.8. The minimum absolute atomic E-state index is 0.426. The van der Waals surface area contributed by atoms with Crippen molar-refractivity contribution in [1.82, 2.24) is 15.3 Å². The van der Waals surface area contributed by atoms with Gasteiger partial charge in [-0.15, -0.1) is 0 Å². The number of nitrogens with zero attached hydrogens (tertiary/aromatic N) is 1. The van der Waals surface area contributed by atoms with Crippen LogP contribution < -0.4 is 5.32 Å². The summed E-state index contributed by atoms with van der Waals surface area (Å²) in [5.74, 6) is 0. The molecule has 0 radical (unpaired) electrons. The first kappa shape index (κ1) is 20.1. The summed E-state index contributed by atoms with van der Waals surface area (Å²) in [7, 11) is 1.96. The normalized spacial score (nSPS) is 10.8. The number of H-pyrrole nitrogens is 1. The van der Waals surface area contributed by atoms with Gasteiger partial charge in [0, 0.05) is 30.7 Å². The van der Waals surface area contributed by atoms with Gasteiger partial charge in [0.1, 0.15) is 11.9 Å². The van der Waals surface area contributed by atoms with Crippen LogP contribution in [0.3, 0.4) is 0 Å². The Morgan fingerprint density at radius 1 is 1.19 bits per heavy atom. The van der Waals surface area contributed by atoms with Gasteiger partial charge in [-0.1, -0.05) is 55.7 Å². The summed E-state index contributed by atoms with van der Waals surface area (Å²) < 4.78 is 0. The van der Waals surface area contributed by atoms with Crippen molar-refractivity contribution in [3.8, 4) is 11.1 Å². The molecule has 0 saturated carbocycles. The number of allylic oxidation sites excluding steroid dienone is 4. The van der Waals surface area contributed by atoms with Gasteiger partial charge >= 0.3 is 0 Å². The molecule has 0 aliphatic heterocycles. The Morgan fingerprint density at radius 3 is 2.59 bits per heavy atom. The molecule has 27 heavy (non-hydrogen) atoms. The molecule has 3 aromatic rings. The zero-order chi connectivity index (χ0) is 19.5. The number of rotatable bonds is 7. The van der Waals surface area contributed by atoms with Crippen molar-refractivity contribution in [2.75, 3.05) is 7.05 Å². The number of hydrogen-bond donors (Lipinski definition) is 2. The van der Waals surface area contributed by atoms with E-state index in [0.717, 1.165) is 24.1 Å². The third kappa shape index (κ3) is 5.62. The minimum atomic E-state index is 0.426. The van der Waals surface area contributed by atoms with Gasteiger partial charge in [-0.3, -0.25) is 0 Å². The van der Waals surface area contributed by atoms with Crippen LogP contribution >= 0.6 is 0 Å². The third-order valence-electron chi connectivity index (χ3n) is 4.02. The predicted molar refractivity (Wildman–Crippen MR) is 113 cm³/mol. The lowest BCUT2D eigenvalue weighted by molar-refractivity contribution is -0.107. The maximum Gasteiger partial charge on any atom is 0.137 e. The zero-order valence-corrected chi connectivity index (χ0v) is 15.6. The highest BCUT2D eigenvalue weighted by molar-refractivity contribution is 5.92. The van der Waals surface area contributed by atoms with E-state index in [0.29, 0.717) is 6.42 Å². The van der Waals surface area contributed by atoms with Crippen LogP contribution in [0.2, 0.25) is 0 Å². The van der Waals surface area contributed by atoms with E-state index in [1.807, 2.05) is 19.4 Å². The highest BCUT2D eigenvalue weighted by Gasteiger charge is 2.04. The number of fused-ring (bicyclic) bond motifs is 1. The first-order valence-electron chi connectivity index (χ1n) is 8.77. The molecule has 4 heteroatoms. The standard InChI is InChI=1S/C15H15N3.C8H10O/c1-16-10-11-2-4-12(5-3-11)13-6-8-17-15-14(13)7-9-18-15;1-3-5-8(4-2)6-7-9/h2-9,16H,10H2,1H3,(H,17,18);3-5,7H,1-2,6H2/b;8-5+. The Kier molecular flexibility index (Phi) is 7.94. The van der Waals surface area contributed by atoms with Crippen LogP contribution in [0.25, 0.3) is 22.2 Å². The lowest BCUT2D eigenvalue weighted by atomic mass is 10.0. The van der Waals surface area contributed by atoms with Crippen LogP contribution in [0.15, 0.2) is 85.8 Å². The van der Waals surface area contributed by atoms with Gasteiger partial charge in [0.25, 0.3) is 0 Å². The van der Waals surface area contributed by atoms with E-state index in [2.05, 4.69) is 64.8 Å². The van der Waals surface area contributed by atoms with Gasteiger partial charge in [-0.25, -0.2) is 4.98 Å². The predicted octanol–water partition coefficient (Wildman–Crippen LogP) is 4.82. The van der Waals surface area contributed by atoms with Gasteiger partial charge in [0.15, 0.2) is 0 Å². The summed E-state index contributed by atoms with van der Waals surface area (Å²) in [5.41, 5.74) is 5.58. The molecule has 0 fully saturated rings. The maximum atomic E-state index is 9.93. The lowest BCUT2D eigenvalue weighted by Crippen LogP contribution is -2.04. The molecule has 0 saturated heterocycles. The molecule has 3 rings (SSSR count). The molecule has 4 nitrogen and oxygen atoms in total. The van der Waals surface area contributed by atoms with Crippen LogP contribution in [-0.2, 0) is 11.3 Å². The Morgan fingerprint density at radius 2 is 1.96 bits per heavy atom. The number of carbonyl (C=O) groups excluding carboxylic acids is 1. The van der Waals surface area contributed by atoms with E-state index in [9.17, 15) is 4.79 Å². The molecule has 0 aliphatic rings. The third-order valence-corrected chi connectivity index (χ3v) is 4.02.